The van der Waals surface area contributed by atoms with Crippen molar-refractivity contribution in [3.05, 3.63) is 0 Å². The van der Waals surface area contributed by atoms with Crippen LogP contribution in [0.4, 0.5) is 0 Å². The zero-order valence-corrected chi connectivity index (χ0v) is 16.8. The fourth-order valence-corrected chi connectivity index (χ4v) is 7.02. The van der Waals surface area contributed by atoms with Gasteiger partial charge in [0.25, 0.3) is 0 Å². The van der Waals surface area contributed by atoms with Gasteiger partial charge in [0.2, 0.25) is 0 Å². The Labute approximate surface area is 152 Å². The molecule has 0 radical (unpaired) electrons. The molecule has 0 spiro atoms. The normalized spacial score (nSPS) is 29.2. The Morgan fingerprint density at radius 1 is 0.708 bits per heavy atom. The molecule has 0 heterocycles. The van der Waals surface area contributed by atoms with E-state index in [4.69, 9.17) is 0 Å². The molecule has 0 nitrogen and oxygen atoms in total. The van der Waals surface area contributed by atoms with Crippen LogP contribution in [0.2, 0.25) is 0 Å². The molecule has 3 fully saturated rings. The molecule has 0 aromatic carbocycles. The largest absolute Gasteiger partial charge is 0.0648 e. The SMILES string of the molecule is CCC1(C(CC(C)C2CCCCC2)C2CCCCC2)CCCCC1. The maximum Gasteiger partial charge on any atom is -0.0269 e. The summed E-state index contributed by atoms with van der Waals surface area (Å²) < 4.78 is 0. The predicted molar refractivity (Wildman–Crippen MR) is 106 cm³/mol. The highest BCUT2D eigenvalue weighted by molar-refractivity contribution is 4.93. The molecule has 0 aromatic heterocycles. The van der Waals surface area contributed by atoms with Crippen LogP contribution in [0.15, 0.2) is 0 Å². The van der Waals surface area contributed by atoms with Crippen molar-refractivity contribution in [2.24, 2.45) is 29.1 Å². The topological polar surface area (TPSA) is 0 Å². The monoisotopic (exact) mass is 332 g/mol. The summed E-state index contributed by atoms with van der Waals surface area (Å²) in [5.74, 6) is 4.17. The Kier molecular flexibility index (Phi) is 7.11. The van der Waals surface area contributed by atoms with Crippen molar-refractivity contribution in [3.8, 4) is 0 Å². The van der Waals surface area contributed by atoms with E-state index in [1.165, 1.54) is 77.0 Å². The third-order valence-electron chi connectivity index (χ3n) is 8.64. The van der Waals surface area contributed by atoms with Gasteiger partial charge in [-0.1, -0.05) is 104 Å². The van der Waals surface area contributed by atoms with E-state index in [0.29, 0.717) is 0 Å². The smallest absolute Gasteiger partial charge is 0.0269 e. The molecule has 0 bridgehead atoms. The lowest BCUT2D eigenvalue weighted by atomic mass is 9.56. The summed E-state index contributed by atoms with van der Waals surface area (Å²) in [5, 5.41) is 0. The number of hydrogen-bond donors (Lipinski definition) is 0. The molecule has 2 atom stereocenters. The van der Waals surface area contributed by atoms with Crippen molar-refractivity contribution in [3.63, 3.8) is 0 Å². The van der Waals surface area contributed by atoms with Gasteiger partial charge in [0.1, 0.15) is 0 Å². The highest BCUT2D eigenvalue weighted by atomic mass is 14.5. The average molecular weight is 333 g/mol. The minimum Gasteiger partial charge on any atom is -0.0648 e. The van der Waals surface area contributed by atoms with E-state index in [0.717, 1.165) is 29.1 Å². The van der Waals surface area contributed by atoms with Crippen LogP contribution in [0.3, 0.4) is 0 Å². The molecular weight excluding hydrogens is 288 g/mol. The van der Waals surface area contributed by atoms with Gasteiger partial charge < -0.3 is 0 Å². The summed E-state index contributed by atoms with van der Waals surface area (Å²) in [7, 11) is 0. The third-order valence-corrected chi connectivity index (χ3v) is 8.64. The lowest BCUT2D eigenvalue weighted by molar-refractivity contribution is 0.0101. The second-order valence-corrected chi connectivity index (χ2v) is 9.89. The summed E-state index contributed by atoms with van der Waals surface area (Å²) in [6, 6.07) is 0. The quantitative estimate of drug-likeness (QED) is 0.460. The molecule has 140 valence electrons. The third kappa shape index (κ3) is 4.39. The molecular formula is C24H44. The molecule has 3 saturated carbocycles. The first kappa shape index (κ1) is 18.8. The van der Waals surface area contributed by atoms with Crippen LogP contribution in [0, 0.1) is 29.1 Å². The van der Waals surface area contributed by atoms with Crippen molar-refractivity contribution < 1.29 is 0 Å². The van der Waals surface area contributed by atoms with E-state index in [2.05, 4.69) is 13.8 Å². The molecule has 0 amide bonds. The zero-order chi connectivity index (χ0) is 16.8. The number of hydrogen-bond acceptors (Lipinski definition) is 0. The first-order chi connectivity index (χ1) is 11.7. The molecule has 3 rings (SSSR count). The average Bonchev–Trinajstić information content (AvgIpc) is 2.68. The van der Waals surface area contributed by atoms with Crippen LogP contribution in [0.1, 0.15) is 123 Å². The van der Waals surface area contributed by atoms with Crippen LogP contribution in [0.25, 0.3) is 0 Å². The second kappa shape index (κ2) is 9.09. The summed E-state index contributed by atoms with van der Waals surface area (Å²) in [6.45, 7) is 5.17. The highest BCUT2D eigenvalue weighted by Gasteiger charge is 2.43. The molecule has 24 heavy (non-hydrogen) atoms. The molecule has 0 N–H and O–H groups in total. The van der Waals surface area contributed by atoms with E-state index in [-0.39, 0.29) is 0 Å². The van der Waals surface area contributed by atoms with Gasteiger partial charge in [-0.25, -0.2) is 0 Å². The summed E-state index contributed by atoms with van der Waals surface area (Å²) in [6.07, 6.45) is 26.0. The Morgan fingerprint density at radius 2 is 1.21 bits per heavy atom. The Hall–Kier alpha value is 0. The molecule has 0 aromatic rings. The molecule has 3 aliphatic carbocycles. The maximum atomic E-state index is 2.64. The van der Waals surface area contributed by atoms with Crippen LogP contribution in [0.5, 0.6) is 0 Å². The lowest BCUT2D eigenvalue weighted by Crippen LogP contribution is -2.39. The van der Waals surface area contributed by atoms with Crippen molar-refractivity contribution >= 4 is 0 Å². The fourth-order valence-electron chi connectivity index (χ4n) is 7.02. The Bertz CT molecular complexity index is 339. The standard InChI is InChI=1S/C24H44/c1-3-24(17-11-6-12-18-24)23(22-15-9-5-10-16-22)19-20(2)21-13-7-4-8-14-21/h20-23H,3-19H2,1-2H3. The van der Waals surface area contributed by atoms with E-state index < -0.39 is 0 Å². The summed E-state index contributed by atoms with van der Waals surface area (Å²) in [5.41, 5.74) is 0.725. The van der Waals surface area contributed by atoms with Crippen LogP contribution >= 0.6 is 0 Å². The molecule has 0 heteroatoms. The van der Waals surface area contributed by atoms with Gasteiger partial charge in [-0.05, 0) is 48.3 Å². The second-order valence-electron chi connectivity index (χ2n) is 9.89. The van der Waals surface area contributed by atoms with E-state index in [1.54, 1.807) is 32.1 Å². The predicted octanol–water partition coefficient (Wildman–Crippen LogP) is 8.15. The highest BCUT2D eigenvalue weighted by Crippen LogP contribution is 2.53. The van der Waals surface area contributed by atoms with Crippen LogP contribution < -0.4 is 0 Å². The van der Waals surface area contributed by atoms with E-state index in [1.807, 2.05) is 0 Å². The molecule has 3 aliphatic rings. The summed E-state index contributed by atoms with van der Waals surface area (Å²) in [4.78, 5) is 0. The lowest BCUT2D eigenvalue weighted by Gasteiger charge is -2.49. The zero-order valence-electron chi connectivity index (χ0n) is 16.8. The first-order valence-corrected chi connectivity index (χ1v) is 11.7. The minimum atomic E-state index is 0.725. The maximum absolute atomic E-state index is 2.64. The van der Waals surface area contributed by atoms with Gasteiger partial charge in [-0.3, -0.25) is 0 Å². The van der Waals surface area contributed by atoms with Gasteiger partial charge in [-0.2, -0.15) is 0 Å². The van der Waals surface area contributed by atoms with Crippen molar-refractivity contribution in [2.45, 2.75) is 123 Å². The summed E-state index contributed by atoms with van der Waals surface area (Å²) >= 11 is 0. The van der Waals surface area contributed by atoms with Gasteiger partial charge >= 0.3 is 0 Å². The van der Waals surface area contributed by atoms with Crippen LogP contribution in [-0.4, -0.2) is 0 Å². The molecule has 2 unspecified atom stereocenters. The first-order valence-electron chi connectivity index (χ1n) is 11.7. The van der Waals surface area contributed by atoms with Crippen molar-refractivity contribution in [1.82, 2.24) is 0 Å². The Balaban J connectivity index is 1.72. The van der Waals surface area contributed by atoms with Crippen molar-refractivity contribution in [2.75, 3.05) is 0 Å². The Morgan fingerprint density at radius 3 is 1.75 bits per heavy atom. The van der Waals surface area contributed by atoms with Crippen molar-refractivity contribution in [1.29, 1.82) is 0 Å². The van der Waals surface area contributed by atoms with Crippen LogP contribution in [-0.2, 0) is 0 Å². The fraction of sp³-hybridized carbons (Fsp3) is 1.00. The molecule has 0 aliphatic heterocycles. The van der Waals surface area contributed by atoms with Gasteiger partial charge in [-0.15, -0.1) is 0 Å². The number of rotatable bonds is 6. The van der Waals surface area contributed by atoms with E-state index >= 15 is 0 Å². The van der Waals surface area contributed by atoms with Gasteiger partial charge in [0, 0.05) is 0 Å². The van der Waals surface area contributed by atoms with E-state index in [9.17, 15) is 0 Å². The van der Waals surface area contributed by atoms with Gasteiger partial charge in [0.15, 0.2) is 0 Å². The molecule has 0 saturated heterocycles. The minimum absolute atomic E-state index is 0.725. The van der Waals surface area contributed by atoms with Gasteiger partial charge in [0.05, 0.1) is 0 Å².